The van der Waals surface area contributed by atoms with Crippen LogP contribution >= 0.6 is 0 Å². The van der Waals surface area contributed by atoms with Gasteiger partial charge in [0.1, 0.15) is 0 Å². The van der Waals surface area contributed by atoms with Crippen LogP contribution in [-0.2, 0) is 0 Å². The van der Waals surface area contributed by atoms with Gasteiger partial charge in [-0.25, -0.2) is 40.5 Å². The van der Waals surface area contributed by atoms with Gasteiger partial charge in [0.05, 0.1) is 0 Å². The zero-order valence-electron chi connectivity index (χ0n) is 16.6. The maximum Gasteiger partial charge on any atom is 0.414 e. The molecule has 0 radical (unpaired) electrons. The maximum absolute atomic E-state index is 10.7. The third kappa shape index (κ3) is 6.53. The Morgan fingerprint density at radius 3 is 1.20 bits per heavy atom. The summed E-state index contributed by atoms with van der Waals surface area (Å²) in [6.07, 6.45) is 0. The van der Waals surface area contributed by atoms with Crippen molar-refractivity contribution in [3.8, 4) is 0 Å². The molecule has 1 aromatic heterocycles. The van der Waals surface area contributed by atoms with E-state index in [0.717, 1.165) is 0 Å². The van der Waals surface area contributed by atoms with Gasteiger partial charge in [-0.3, -0.25) is 5.41 Å². The molecule has 0 amide bonds. The molecule has 0 unspecified atom stereocenters. The predicted molar refractivity (Wildman–Crippen MR) is 97.8 cm³/mol. The van der Waals surface area contributed by atoms with E-state index < -0.39 is 79.6 Å². The van der Waals surface area contributed by atoms with Crippen LogP contribution in [0.1, 0.15) is 0 Å². The van der Waals surface area contributed by atoms with E-state index in [0.29, 0.717) is 0 Å². The largest absolute Gasteiger partial charge is 0.424 e. The first kappa shape index (κ1) is 27.1. The Balaban J connectivity index is 0.000000365. The Hall–Kier alpha value is -5.92. The minimum absolute atomic E-state index is 0.177. The molecule has 0 aromatic carbocycles. The number of hydrogen-bond acceptors (Lipinski definition) is 16. The Labute approximate surface area is 187 Å². The minimum atomic E-state index is -1.15. The quantitative estimate of drug-likeness (QED) is 0.192. The molecule has 2 rings (SSSR count). The fraction of sp³-hybridized carbons (Fsp3) is 0.500. The number of nitrogens with zero attached hydrogens (tertiary/aromatic N) is 12. The summed E-state index contributed by atoms with van der Waals surface area (Å²) in [5.41, 5.74) is 3.98. The SMILES string of the molecule is N=c1c([N+](=O)[O-])nc([N+](=O)[O-])c(N)n1O.O=[N+]([O-])N1CN([N+](=O)[O-])CN([N+](=O)[O-])CN([N+](=O)[O-])C1. The molecule has 0 atom stereocenters. The van der Waals surface area contributed by atoms with Gasteiger partial charge in [-0.1, -0.05) is 20.0 Å². The number of aromatic nitrogens is 2. The third-order valence-corrected chi connectivity index (χ3v) is 3.67. The number of hydrazine groups is 4. The summed E-state index contributed by atoms with van der Waals surface area (Å²) in [7, 11) is 0. The summed E-state index contributed by atoms with van der Waals surface area (Å²) in [5, 5.41) is 75.8. The van der Waals surface area contributed by atoms with Crippen LogP contribution in [0.4, 0.5) is 17.5 Å². The molecule has 0 spiro atoms. The first-order valence-electron chi connectivity index (χ1n) is 8.10. The zero-order chi connectivity index (χ0) is 27.2. The number of nitrogens with one attached hydrogen (secondary N) is 1. The molecule has 0 saturated carbocycles. The van der Waals surface area contributed by atoms with Gasteiger partial charge in [0, 0.05) is 4.98 Å². The molecule has 1 fully saturated rings. The highest BCUT2D eigenvalue weighted by Gasteiger charge is 2.39. The minimum Gasteiger partial charge on any atom is -0.424 e. The topological polar surface area (TPSA) is 360 Å². The lowest BCUT2D eigenvalue weighted by atomic mass is 10.5. The van der Waals surface area contributed by atoms with Gasteiger partial charge in [-0.05, 0) is 9.85 Å². The average molecular weight is 512 g/mol. The predicted octanol–water partition coefficient (Wildman–Crippen LogP) is -3.20. The highest BCUT2D eigenvalue weighted by atomic mass is 16.7. The van der Waals surface area contributed by atoms with Gasteiger partial charge in [0.25, 0.3) is 5.49 Å². The summed E-state index contributed by atoms with van der Waals surface area (Å²) < 4.78 is -0.177. The zero-order valence-corrected chi connectivity index (χ0v) is 16.6. The van der Waals surface area contributed by atoms with Crippen LogP contribution in [0.2, 0.25) is 0 Å². The normalized spacial score (nSPS) is 13.6. The van der Waals surface area contributed by atoms with Crippen LogP contribution in [0.3, 0.4) is 0 Å². The molecule has 27 nitrogen and oxygen atoms in total. The monoisotopic (exact) mass is 512 g/mol. The second-order valence-electron chi connectivity index (χ2n) is 5.86. The van der Waals surface area contributed by atoms with Gasteiger partial charge in [0.2, 0.25) is 32.5 Å². The maximum atomic E-state index is 10.7. The standard InChI is InChI=1S/C4H8N8O8.C4H4N6O5/c13-9(14)5-1-6(10(15)16)3-8(12(19)20)4-7(2-5)11(17)18;5-1-3(9(12)13)7-4(10(14)15)2(6)8(1)11/h1-4H2;5,11H,6H2. The number of rotatable bonds is 6. The molecule has 27 heteroatoms. The third-order valence-electron chi connectivity index (χ3n) is 3.67. The lowest BCUT2D eigenvalue weighted by molar-refractivity contribution is -0.775. The van der Waals surface area contributed by atoms with Crippen molar-refractivity contribution in [2.24, 2.45) is 0 Å². The second-order valence-corrected chi connectivity index (χ2v) is 5.86. The van der Waals surface area contributed by atoms with Crippen LogP contribution in [0.25, 0.3) is 0 Å². The van der Waals surface area contributed by atoms with E-state index in [2.05, 4.69) is 4.98 Å². The molecule has 2 heterocycles. The van der Waals surface area contributed by atoms with Crippen molar-refractivity contribution < 1.29 is 35.2 Å². The lowest BCUT2D eigenvalue weighted by Crippen LogP contribution is -2.59. The van der Waals surface area contributed by atoms with Gasteiger partial charge in [-0.15, -0.1) is 4.73 Å². The molecule has 4 N–H and O–H groups in total. The number of nitrogen functional groups attached to an aromatic ring is 1. The van der Waals surface area contributed by atoms with Crippen molar-refractivity contribution in [1.29, 1.82) is 5.41 Å². The number of nitro groups is 6. The van der Waals surface area contributed by atoms with Gasteiger partial charge < -0.3 is 31.2 Å². The van der Waals surface area contributed by atoms with Gasteiger partial charge >= 0.3 is 11.6 Å². The van der Waals surface area contributed by atoms with Crippen LogP contribution in [-0.4, -0.2) is 91.6 Å². The summed E-state index contributed by atoms with van der Waals surface area (Å²) in [5.74, 6) is -3.09. The van der Waals surface area contributed by atoms with Crippen molar-refractivity contribution in [3.63, 3.8) is 0 Å². The highest BCUT2D eigenvalue weighted by Crippen LogP contribution is 2.17. The molecular formula is C8H12N14O13. The van der Waals surface area contributed by atoms with Crippen LogP contribution in [0, 0.1) is 66.1 Å². The smallest absolute Gasteiger partial charge is 0.414 e. The summed E-state index contributed by atoms with van der Waals surface area (Å²) in [6.45, 7) is -3.80. The number of nitrogens with two attached hydrogens (primary N) is 1. The fourth-order valence-corrected chi connectivity index (χ4v) is 2.13. The van der Waals surface area contributed by atoms with Crippen molar-refractivity contribution >= 4 is 17.5 Å². The van der Waals surface area contributed by atoms with E-state index in [1.54, 1.807) is 0 Å². The van der Waals surface area contributed by atoms with Crippen molar-refractivity contribution in [1.82, 2.24) is 29.8 Å². The van der Waals surface area contributed by atoms with Crippen molar-refractivity contribution in [3.05, 3.63) is 66.2 Å². The average Bonchev–Trinajstić information content (AvgIpc) is 2.71. The van der Waals surface area contributed by atoms with E-state index in [1.807, 2.05) is 0 Å². The molecule has 0 bridgehead atoms. The highest BCUT2D eigenvalue weighted by molar-refractivity contribution is 5.48. The van der Waals surface area contributed by atoms with Crippen LogP contribution < -0.4 is 11.2 Å². The fourth-order valence-electron chi connectivity index (χ4n) is 2.13. The van der Waals surface area contributed by atoms with Gasteiger partial charge in [-0.2, -0.15) is 0 Å². The molecule has 192 valence electrons. The molecule has 1 saturated heterocycles. The number of hydrogen-bond donors (Lipinski definition) is 3. The summed E-state index contributed by atoms with van der Waals surface area (Å²) in [4.78, 5) is 63.9. The molecule has 35 heavy (non-hydrogen) atoms. The number of anilines is 1. The Kier molecular flexibility index (Phi) is 8.21. The Morgan fingerprint density at radius 1 is 0.686 bits per heavy atom. The van der Waals surface area contributed by atoms with Crippen molar-refractivity contribution in [2.45, 2.75) is 0 Å². The second kappa shape index (κ2) is 10.6. The van der Waals surface area contributed by atoms with E-state index >= 15 is 0 Å². The summed E-state index contributed by atoms with van der Waals surface area (Å²) >= 11 is 0. The van der Waals surface area contributed by atoms with E-state index in [1.165, 1.54) is 0 Å². The molecule has 1 aliphatic heterocycles. The molecule has 1 aliphatic rings. The summed E-state index contributed by atoms with van der Waals surface area (Å²) in [6, 6.07) is 0. The van der Waals surface area contributed by atoms with Crippen molar-refractivity contribution in [2.75, 3.05) is 32.4 Å². The van der Waals surface area contributed by atoms with Gasteiger partial charge in [0.15, 0.2) is 20.1 Å². The van der Waals surface area contributed by atoms with E-state index in [-0.39, 0.29) is 24.8 Å². The van der Waals surface area contributed by atoms with E-state index in [4.69, 9.17) is 16.4 Å². The Morgan fingerprint density at radius 2 is 0.971 bits per heavy atom. The first-order chi connectivity index (χ1) is 16.1. The molecule has 0 aliphatic carbocycles. The Bertz CT molecular complexity index is 1030. The lowest BCUT2D eigenvalue weighted by Gasteiger charge is -2.27. The molecule has 1 aromatic rings. The van der Waals surface area contributed by atoms with Crippen LogP contribution in [0.5, 0.6) is 0 Å². The van der Waals surface area contributed by atoms with E-state index in [9.17, 15) is 60.7 Å². The molecular weight excluding hydrogens is 500 g/mol. The van der Waals surface area contributed by atoms with Crippen LogP contribution in [0.15, 0.2) is 0 Å². The first-order valence-corrected chi connectivity index (χ1v) is 8.10.